The van der Waals surface area contributed by atoms with E-state index in [9.17, 15) is 0 Å². The number of ether oxygens (including phenoxy) is 3. The van der Waals surface area contributed by atoms with Crippen LogP contribution in [0.3, 0.4) is 0 Å². The molecule has 0 aromatic carbocycles. The van der Waals surface area contributed by atoms with E-state index in [2.05, 4.69) is 36.7 Å². The summed E-state index contributed by atoms with van der Waals surface area (Å²) in [6, 6.07) is 0. The van der Waals surface area contributed by atoms with Crippen LogP contribution >= 0.6 is 15.9 Å². The molecule has 0 aliphatic heterocycles. The summed E-state index contributed by atoms with van der Waals surface area (Å²) in [4.78, 5) is 0. The maximum atomic E-state index is 6.18. The number of hydrogen-bond donors (Lipinski definition) is 0. The van der Waals surface area contributed by atoms with Crippen LogP contribution in [-0.2, 0) is 14.2 Å². The lowest BCUT2D eigenvalue weighted by Gasteiger charge is -2.43. The molecule has 126 valence electrons. The van der Waals surface area contributed by atoms with Crippen molar-refractivity contribution in [2.24, 2.45) is 11.3 Å². The van der Waals surface area contributed by atoms with E-state index in [0.717, 1.165) is 43.7 Å². The first-order valence-electron chi connectivity index (χ1n) is 8.20. The Morgan fingerprint density at radius 3 is 2.24 bits per heavy atom. The molecule has 0 radical (unpaired) electrons. The minimum atomic E-state index is 0.0254. The summed E-state index contributed by atoms with van der Waals surface area (Å²) in [6.07, 6.45) is 5.80. The molecule has 0 spiro atoms. The van der Waals surface area contributed by atoms with Crippen LogP contribution < -0.4 is 0 Å². The van der Waals surface area contributed by atoms with Crippen molar-refractivity contribution in [2.75, 3.05) is 38.9 Å². The number of methoxy groups -OCH3 is 1. The molecule has 21 heavy (non-hydrogen) atoms. The molecule has 0 aromatic heterocycles. The maximum absolute atomic E-state index is 6.18. The Morgan fingerprint density at radius 2 is 1.71 bits per heavy atom. The van der Waals surface area contributed by atoms with E-state index in [4.69, 9.17) is 14.2 Å². The number of alkyl halides is 1. The van der Waals surface area contributed by atoms with Gasteiger partial charge in [-0.2, -0.15) is 0 Å². The second-order valence-electron chi connectivity index (χ2n) is 7.26. The van der Waals surface area contributed by atoms with Gasteiger partial charge in [-0.3, -0.25) is 0 Å². The molecule has 0 atom stereocenters. The number of rotatable bonds is 9. The summed E-state index contributed by atoms with van der Waals surface area (Å²) < 4.78 is 16.8. The normalized spacial score (nSPS) is 27.0. The van der Waals surface area contributed by atoms with E-state index >= 15 is 0 Å². The Morgan fingerprint density at radius 1 is 1.05 bits per heavy atom. The van der Waals surface area contributed by atoms with Crippen molar-refractivity contribution >= 4 is 15.9 Å². The van der Waals surface area contributed by atoms with Crippen LogP contribution in [0.25, 0.3) is 0 Å². The summed E-state index contributed by atoms with van der Waals surface area (Å²) in [5.74, 6) is 0.818. The van der Waals surface area contributed by atoms with Crippen LogP contribution in [0.15, 0.2) is 0 Å². The molecule has 0 saturated heterocycles. The van der Waals surface area contributed by atoms with Crippen LogP contribution in [0.1, 0.15) is 52.9 Å². The fraction of sp³-hybridized carbons (Fsp3) is 1.00. The third-order valence-corrected chi connectivity index (χ3v) is 5.66. The largest absolute Gasteiger partial charge is 0.385 e. The monoisotopic (exact) mass is 364 g/mol. The van der Waals surface area contributed by atoms with Gasteiger partial charge in [0.25, 0.3) is 0 Å². The van der Waals surface area contributed by atoms with Crippen LogP contribution in [-0.4, -0.2) is 44.5 Å². The minimum Gasteiger partial charge on any atom is -0.385 e. The smallest absolute Gasteiger partial charge is 0.0780 e. The third-order valence-electron chi connectivity index (χ3n) is 4.64. The highest BCUT2D eigenvalue weighted by Crippen LogP contribution is 2.43. The fourth-order valence-corrected chi connectivity index (χ4v) is 3.77. The van der Waals surface area contributed by atoms with Crippen molar-refractivity contribution in [3.8, 4) is 0 Å². The van der Waals surface area contributed by atoms with Crippen LogP contribution in [0.4, 0.5) is 0 Å². The Kier molecular flexibility index (Phi) is 8.77. The molecule has 1 saturated carbocycles. The molecule has 3 nitrogen and oxygen atoms in total. The molecule has 0 unspecified atom stereocenters. The van der Waals surface area contributed by atoms with Crippen molar-refractivity contribution in [2.45, 2.75) is 58.5 Å². The van der Waals surface area contributed by atoms with E-state index in [1.165, 1.54) is 12.8 Å². The van der Waals surface area contributed by atoms with Crippen LogP contribution in [0.5, 0.6) is 0 Å². The van der Waals surface area contributed by atoms with Gasteiger partial charge in [0, 0.05) is 25.7 Å². The molecule has 0 amide bonds. The van der Waals surface area contributed by atoms with Crippen molar-refractivity contribution in [1.82, 2.24) is 0 Å². The maximum Gasteiger partial charge on any atom is 0.0780 e. The van der Waals surface area contributed by atoms with E-state index in [0.29, 0.717) is 18.6 Å². The van der Waals surface area contributed by atoms with Gasteiger partial charge in [0.15, 0.2) is 0 Å². The molecule has 1 rings (SSSR count). The first-order chi connectivity index (χ1) is 9.93. The number of halogens is 1. The summed E-state index contributed by atoms with van der Waals surface area (Å²) in [6.45, 7) is 9.96. The third kappa shape index (κ3) is 6.98. The summed E-state index contributed by atoms with van der Waals surface area (Å²) >= 11 is 3.66. The van der Waals surface area contributed by atoms with Crippen LogP contribution in [0.2, 0.25) is 0 Å². The van der Waals surface area contributed by atoms with Crippen molar-refractivity contribution in [3.63, 3.8) is 0 Å². The lowest BCUT2D eigenvalue weighted by molar-refractivity contribution is -0.0861. The van der Waals surface area contributed by atoms with Gasteiger partial charge in [0.05, 0.1) is 18.8 Å². The predicted molar refractivity (Wildman–Crippen MR) is 91.2 cm³/mol. The quantitative estimate of drug-likeness (QED) is 0.447. The zero-order valence-electron chi connectivity index (χ0n) is 14.3. The molecular weight excluding hydrogens is 332 g/mol. The standard InChI is InChI=1S/C17H33BrO3/c1-16(2,3)15-6-8-17(14-18,9-7-15)21-13-12-20-11-5-10-19-4/h15H,5-14H2,1-4H3. The average molecular weight is 365 g/mol. The van der Waals surface area contributed by atoms with Crippen molar-refractivity contribution in [3.05, 3.63) is 0 Å². The topological polar surface area (TPSA) is 27.7 Å². The Bertz CT molecular complexity index is 268. The Hall–Kier alpha value is 0.360. The zero-order valence-corrected chi connectivity index (χ0v) is 15.8. The molecule has 0 aromatic rings. The van der Waals surface area contributed by atoms with Crippen molar-refractivity contribution in [1.29, 1.82) is 0 Å². The molecule has 1 aliphatic rings. The predicted octanol–water partition coefficient (Wildman–Crippen LogP) is 4.43. The molecule has 0 N–H and O–H groups in total. The minimum absolute atomic E-state index is 0.0254. The van der Waals surface area contributed by atoms with Gasteiger partial charge in [0.1, 0.15) is 0 Å². The molecule has 0 bridgehead atoms. The SMILES string of the molecule is COCCCOCCOC1(CBr)CCC(C(C)(C)C)CC1. The zero-order chi connectivity index (χ0) is 15.8. The Balaban J connectivity index is 2.22. The fourth-order valence-electron chi connectivity index (χ4n) is 3.05. The highest BCUT2D eigenvalue weighted by Gasteiger charge is 2.38. The van der Waals surface area contributed by atoms with Gasteiger partial charge < -0.3 is 14.2 Å². The molecule has 1 fully saturated rings. The van der Waals surface area contributed by atoms with E-state index in [1.54, 1.807) is 7.11 Å². The lowest BCUT2D eigenvalue weighted by Crippen LogP contribution is -2.42. The summed E-state index contributed by atoms with van der Waals surface area (Å²) in [7, 11) is 1.72. The van der Waals surface area contributed by atoms with Gasteiger partial charge in [-0.15, -0.1) is 0 Å². The lowest BCUT2D eigenvalue weighted by atomic mass is 9.69. The summed E-state index contributed by atoms with van der Waals surface area (Å²) in [5.41, 5.74) is 0.445. The Labute approximate surface area is 139 Å². The van der Waals surface area contributed by atoms with Gasteiger partial charge in [-0.05, 0) is 43.4 Å². The van der Waals surface area contributed by atoms with E-state index in [1.807, 2.05) is 0 Å². The first kappa shape index (κ1) is 19.4. The highest BCUT2D eigenvalue weighted by atomic mass is 79.9. The van der Waals surface area contributed by atoms with Gasteiger partial charge in [-0.1, -0.05) is 36.7 Å². The first-order valence-corrected chi connectivity index (χ1v) is 9.32. The van der Waals surface area contributed by atoms with Gasteiger partial charge in [0.2, 0.25) is 0 Å². The molecule has 0 heterocycles. The van der Waals surface area contributed by atoms with Gasteiger partial charge in [-0.25, -0.2) is 0 Å². The molecule has 1 aliphatic carbocycles. The van der Waals surface area contributed by atoms with E-state index in [-0.39, 0.29) is 5.60 Å². The summed E-state index contributed by atoms with van der Waals surface area (Å²) in [5, 5.41) is 0.931. The van der Waals surface area contributed by atoms with Crippen LogP contribution in [0, 0.1) is 11.3 Å². The second-order valence-corrected chi connectivity index (χ2v) is 7.82. The van der Waals surface area contributed by atoms with E-state index < -0.39 is 0 Å². The second kappa shape index (κ2) is 9.49. The highest BCUT2D eigenvalue weighted by molar-refractivity contribution is 9.09. The average Bonchev–Trinajstić information content (AvgIpc) is 2.46. The molecule has 4 heteroatoms. The van der Waals surface area contributed by atoms with Crippen molar-refractivity contribution < 1.29 is 14.2 Å². The number of hydrogen-bond acceptors (Lipinski definition) is 3. The van der Waals surface area contributed by atoms with Gasteiger partial charge >= 0.3 is 0 Å². The molecular formula is C17H33BrO3.